The van der Waals surface area contributed by atoms with Crippen molar-refractivity contribution in [3.63, 3.8) is 0 Å². The SMILES string of the molecule is CCC1CN(CCC(=O)c2ccccc2)CCN1C. The summed E-state index contributed by atoms with van der Waals surface area (Å²) in [6.45, 7) is 6.40. The van der Waals surface area contributed by atoms with Crippen LogP contribution in [0.3, 0.4) is 0 Å². The molecule has 1 heterocycles. The minimum atomic E-state index is 0.257. The second-order valence-electron chi connectivity index (χ2n) is 5.38. The lowest BCUT2D eigenvalue weighted by atomic mass is 10.1. The van der Waals surface area contributed by atoms with Crippen molar-refractivity contribution in [2.75, 3.05) is 33.2 Å². The molecule has 1 aromatic rings. The van der Waals surface area contributed by atoms with E-state index in [2.05, 4.69) is 23.8 Å². The van der Waals surface area contributed by atoms with Gasteiger partial charge in [0.25, 0.3) is 0 Å². The summed E-state index contributed by atoms with van der Waals surface area (Å²) in [6, 6.07) is 10.2. The first-order valence-corrected chi connectivity index (χ1v) is 7.21. The van der Waals surface area contributed by atoms with Gasteiger partial charge in [-0.15, -0.1) is 0 Å². The molecule has 0 aromatic heterocycles. The molecule has 19 heavy (non-hydrogen) atoms. The molecule has 0 spiro atoms. The summed E-state index contributed by atoms with van der Waals surface area (Å²) in [5, 5.41) is 0. The van der Waals surface area contributed by atoms with Crippen LogP contribution in [-0.4, -0.2) is 54.9 Å². The molecule has 0 bridgehead atoms. The van der Waals surface area contributed by atoms with E-state index in [1.54, 1.807) is 0 Å². The zero-order valence-electron chi connectivity index (χ0n) is 12.0. The largest absolute Gasteiger partial charge is 0.301 e. The molecule has 1 fully saturated rings. The minimum Gasteiger partial charge on any atom is -0.301 e. The molecule has 1 atom stereocenters. The molecule has 0 radical (unpaired) electrons. The number of benzene rings is 1. The van der Waals surface area contributed by atoms with Gasteiger partial charge in [-0.05, 0) is 13.5 Å². The zero-order valence-corrected chi connectivity index (χ0v) is 12.0. The molecule has 1 unspecified atom stereocenters. The van der Waals surface area contributed by atoms with Crippen molar-refractivity contribution in [1.29, 1.82) is 0 Å². The molecule has 2 rings (SSSR count). The van der Waals surface area contributed by atoms with Crippen molar-refractivity contribution in [3.8, 4) is 0 Å². The molecule has 3 nitrogen and oxygen atoms in total. The topological polar surface area (TPSA) is 23.6 Å². The van der Waals surface area contributed by atoms with Crippen LogP contribution in [0.15, 0.2) is 30.3 Å². The van der Waals surface area contributed by atoms with E-state index in [0.717, 1.165) is 31.7 Å². The van der Waals surface area contributed by atoms with Gasteiger partial charge in [0.2, 0.25) is 0 Å². The Bertz CT molecular complexity index is 404. The highest BCUT2D eigenvalue weighted by atomic mass is 16.1. The van der Waals surface area contributed by atoms with Gasteiger partial charge in [-0.1, -0.05) is 37.3 Å². The zero-order chi connectivity index (χ0) is 13.7. The minimum absolute atomic E-state index is 0.257. The Morgan fingerprint density at radius 2 is 2.00 bits per heavy atom. The van der Waals surface area contributed by atoms with Crippen LogP contribution in [0.1, 0.15) is 30.1 Å². The number of rotatable bonds is 5. The highest BCUT2D eigenvalue weighted by Gasteiger charge is 2.22. The number of Topliss-reactive ketones (excluding diaryl/α,β-unsaturated/α-hetero) is 1. The summed E-state index contributed by atoms with van der Waals surface area (Å²) in [6.07, 6.45) is 1.81. The predicted molar refractivity (Wildman–Crippen MR) is 78.5 cm³/mol. The monoisotopic (exact) mass is 260 g/mol. The van der Waals surface area contributed by atoms with Crippen molar-refractivity contribution in [1.82, 2.24) is 9.80 Å². The number of ketones is 1. The first kappa shape index (κ1) is 14.2. The fourth-order valence-electron chi connectivity index (χ4n) is 2.68. The van der Waals surface area contributed by atoms with Gasteiger partial charge >= 0.3 is 0 Å². The van der Waals surface area contributed by atoms with Gasteiger partial charge < -0.3 is 9.80 Å². The summed E-state index contributed by atoms with van der Waals surface area (Å²) in [5.74, 6) is 0.257. The van der Waals surface area contributed by atoms with Crippen LogP contribution in [0, 0.1) is 0 Å². The summed E-state index contributed by atoms with van der Waals surface area (Å²) in [4.78, 5) is 16.9. The van der Waals surface area contributed by atoms with Gasteiger partial charge in [0.1, 0.15) is 0 Å². The lowest BCUT2D eigenvalue weighted by Crippen LogP contribution is -2.51. The maximum absolute atomic E-state index is 12.1. The van der Waals surface area contributed by atoms with Gasteiger partial charge in [0.15, 0.2) is 5.78 Å². The third-order valence-electron chi connectivity index (χ3n) is 4.08. The van der Waals surface area contributed by atoms with Crippen molar-refractivity contribution in [2.45, 2.75) is 25.8 Å². The predicted octanol–water partition coefficient (Wildman–Crippen LogP) is 2.29. The molecule has 0 N–H and O–H groups in total. The van der Waals surface area contributed by atoms with Gasteiger partial charge in [-0.25, -0.2) is 0 Å². The van der Waals surface area contributed by atoms with E-state index in [1.165, 1.54) is 6.42 Å². The van der Waals surface area contributed by atoms with E-state index in [1.807, 2.05) is 30.3 Å². The van der Waals surface area contributed by atoms with E-state index in [4.69, 9.17) is 0 Å². The number of carbonyl (C=O) groups excluding carboxylic acids is 1. The number of carbonyl (C=O) groups is 1. The first-order valence-electron chi connectivity index (χ1n) is 7.21. The second kappa shape index (κ2) is 6.83. The number of piperazine rings is 1. The summed E-state index contributed by atoms with van der Waals surface area (Å²) < 4.78 is 0. The molecule has 1 aliphatic rings. The van der Waals surface area contributed by atoms with Gasteiger partial charge in [-0.2, -0.15) is 0 Å². The Kier molecular flexibility index (Phi) is 5.11. The molecule has 1 aliphatic heterocycles. The molecule has 104 valence electrons. The van der Waals surface area contributed by atoms with Crippen LogP contribution >= 0.6 is 0 Å². The average molecular weight is 260 g/mol. The average Bonchev–Trinajstić information content (AvgIpc) is 2.47. The summed E-state index contributed by atoms with van der Waals surface area (Å²) in [7, 11) is 2.20. The van der Waals surface area contributed by atoms with Crippen molar-refractivity contribution >= 4 is 5.78 Å². The maximum atomic E-state index is 12.1. The molecule has 1 saturated heterocycles. The van der Waals surface area contributed by atoms with E-state index < -0.39 is 0 Å². The number of nitrogens with zero attached hydrogens (tertiary/aromatic N) is 2. The van der Waals surface area contributed by atoms with Gasteiger partial charge in [-0.3, -0.25) is 4.79 Å². The van der Waals surface area contributed by atoms with E-state index in [0.29, 0.717) is 12.5 Å². The second-order valence-corrected chi connectivity index (χ2v) is 5.38. The van der Waals surface area contributed by atoms with Crippen LogP contribution in [0.4, 0.5) is 0 Å². The smallest absolute Gasteiger partial charge is 0.164 e. The Labute approximate surface area is 116 Å². The standard InChI is InChI=1S/C16H24N2O/c1-3-15-13-18(12-11-17(15)2)10-9-16(19)14-7-5-4-6-8-14/h4-8,15H,3,9-13H2,1-2H3. The number of hydrogen-bond donors (Lipinski definition) is 0. The van der Waals surface area contributed by atoms with Crippen molar-refractivity contribution in [3.05, 3.63) is 35.9 Å². The van der Waals surface area contributed by atoms with E-state index >= 15 is 0 Å². The third kappa shape index (κ3) is 3.88. The molecular formula is C16H24N2O. The van der Waals surface area contributed by atoms with Crippen molar-refractivity contribution < 1.29 is 4.79 Å². The Hall–Kier alpha value is -1.19. The molecule has 3 heteroatoms. The lowest BCUT2D eigenvalue weighted by Gasteiger charge is -2.39. The summed E-state index contributed by atoms with van der Waals surface area (Å²) in [5.41, 5.74) is 0.837. The number of hydrogen-bond acceptors (Lipinski definition) is 3. The third-order valence-corrected chi connectivity index (χ3v) is 4.08. The maximum Gasteiger partial charge on any atom is 0.164 e. The van der Waals surface area contributed by atoms with Gasteiger partial charge in [0.05, 0.1) is 0 Å². The quantitative estimate of drug-likeness (QED) is 0.759. The Morgan fingerprint density at radius 3 is 2.68 bits per heavy atom. The fraction of sp³-hybridized carbons (Fsp3) is 0.562. The number of likely N-dealkylation sites (N-methyl/N-ethyl adjacent to an activating group) is 1. The van der Waals surface area contributed by atoms with Crippen LogP contribution in [0.5, 0.6) is 0 Å². The van der Waals surface area contributed by atoms with Crippen LogP contribution in [0.25, 0.3) is 0 Å². The molecular weight excluding hydrogens is 236 g/mol. The molecule has 0 saturated carbocycles. The van der Waals surface area contributed by atoms with Crippen LogP contribution in [0.2, 0.25) is 0 Å². The fourth-order valence-corrected chi connectivity index (χ4v) is 2.68. The Balaban J connectivity index is 1.81. The molecule has 0 aliphatic carbocycles. The van der Waals surface area contributed by atoms with Crippen LogP contribution in [-0.2, 0) is 0 Å². The molecule has 1 aromatic carbocycles. The van der Waals surface area contributed by atoms with Crippen LogP contribution < -0.4 is 0 Å². The van der Waals surface area contributed by atoms with Crippen molar-refractivity contribution in [2.24, 2.45) is 0 Å². The lowest BCUT2D eigenvalue weighted by molar-refractivity contribution is 0.0824. The summed E-state index contributed by atoms with van der Waals surface area (Å²) >= 11 is 0. The van der Waals surface area contributed by atoms with E-state index in [9.17, 15) is 4.79 Å². The van der Waals surface area contributed by atoms with Gasteiger partial charge in [0, 0.05) is 44.2 Å². The highest BCUT2D eigenvalue weighted by molar-refractivity contribution is 5.96. The Morgan fingerprint density at radius 1 is 1.26 bits per heavy atom. The molecule has 0 amide bonds. The highest BCUT2D eigenvalue weighted by Crippen LogP contribution is 2.12. The normalized spacial score (nSPS) is 21.5. The van der Waals surface area contributed by atoms with E-state index in [-0.39, 0.29) is 5.78 Å². The first-order chi connectivity index (χ1) is 9.20.